The van der Waals surface area contributed by atoms with Crippen LogP contribution in [-0.4, -0.2) is 52.2 Å². The van der Waals surface area contributed by atoms with E-state index in [1.54, 1.807) is 0 Å². The molecule has 98 valence electrons. The molecule has 0 saturated carbocycles. The number of hydrogen-bond acceptors (Lipinski definition) is 4. The summed E-state index contributed by atoms with van der Waals surface area (Å²) in [5, 5.41) is 10.2. The SMILES string of the molecule is CCCc1nc(C(=O)N2CC3CNCC3C2)n[nH]1. The van der Waals surface area contributed by atoms with Gasteiger partial charge in [-0.05, 0) is 18.3 Å². The number of aryl methyl sites for hydroxylation is 1. The number of H-pyrrole nitrogens is 1. The summed E-state index contributed by atoms with van der Waals surface area (Å²) in [6, 6.07) is 0. The number of aromatic nitrogens is 3. The van der Waals surface area contributed by atoms with Crippen molar-refractivity contribution in [1.82, 2.24) is 25.4 Å². The number of likely N-dealkylation sites (tertiary alicyclic amines) is 1. The van der Waals surface area contributed by atoms with Gasteiger partial charge in [-0.15, -0.1) is 5.10 Å². The highest BCUT2D eigenvalue weighted by Gasteiger charge is 2.39. The van der Waals surface area contributed by atoms with Gasteiger partial charge in [0.15, 0.2) is 0 Å². The van der Waals surface area contributed by atoms with Crippen molar-refractivity contribution in [2.75, 3.05) is 26.2 Å². The minimum atomic E-state index is -0.0250. The maximum atomic E-state index is 12.3. The first-order chi connectivity index (χ1) is 8.78. The molecular formula is C12H19N5O. The smallest absolute Gasteiger partial charge is 0.293 e. The van der Waals surface area contributed by atoms with E-state index >= 15 is 0 Å². The fourth-order valence-corrected chi connectivity index (χ4v) is 2.90. The van der Waals surface area contributed by atoms with Crippen LogP contribution in [0.5, 0.6) is 0 Å². The fourth-order valence-electron chi connectivity index (χ4n) is 2.90. The van der Waals surface area contributed by atoms with Gasteiger partial charge in [0.1, 0.15) is 5.82 Å². The molecule has 2 aliphatic rings. The average Bonchev–Trinajstić information content (AvgIpc) is 3.02. The highest BCUT2D eigenvalue weighted by Crippen LogP contribution is 2.26. The van der Waals surface area contributed by atoms with Crippen LogP contribution in [0.15, 0.2) is 0 Å². The number of amides is 1. The molecule has 1 aromatic heterocycles. The van der Waals surface area contributed by atoms with Crippen molar-refractivity contribution >= 4 is 5.91 Å². The molecule has 6 nitrogen and oxygen atoms in total. The zero-order valence-corrected chi connectivity index (χ0v) is 10.6. The lowest BCUT2D eigenvalue weighted by atomic mass is 10.0. The molecule has 2 fully saturated rings. The highest BCUT2D eigenvalue weighted by atomic mass is 16.2. The van der Waals surface area contributed by atoms with Gasteiger partial charge in [-0.25, -0.2) is 4.98 Å². The van der Waals surface area contributed by atoms with Gasteiger partial charge in [0.25, 0.3) is 5.91 Å². The van der Waals surface area contributed by atoms with Gasteiger partial charge in [-0.3, -0.25) is 9.89 Å². The van der Waals surface area contributed by atoms with Crippen LogP contribution in [0.1, 0.15) is 29.8 Å². The fraction of sp³-hybridized carbons (Fsp3) is 0.750. The third kappa shape index (κ3) is 2.01. The molecule has 3 heterocycles. The van der Waals surface area contributed by atoms with Crippen LogP contribution in [0.4, 0.5) is 0 Å². The largest absolute Gasteiger partial charge is 0.335 e. The van der Waals surface area contributed by atoms with Crippen LogP contribution in [0, 0.1) is 11.8 Å². The predicted molar refractivity (Wildman–Crippen MR) is 66.1 cm³/mol. The van der Waals surface area contributed by atoms with E-state index in [-0.39, 0.29) is 5.91 Å². The zero-order valence-electron chi connectivity index (χ0n) is 10.6. The number of carbonyl (C=O) groups is 1. The third-order valence-corrected chi connectivity index (χ3v) is 3.89. The second kappa shape index (κ2) is 4.68. The molecule has 0 radical (unpaired) electrons. The van der Waals surface area contributed by atoms with Crippen LogP contribution < -0.4 is 5.32 Å². The normalized spacial score (nSPS) is 26.6. The van der Waals surface area contributed by atoms with Crippen LogP contribution in [-0.2, 0) is 6.42 Å². The summed E-state index contributed by atoms with van der Waals surface area (Å²) in [6.45, 7) is 5.83. The quantitative estimate of drug-likeness (QED) is 0.793. The molecule has 1 amide bonds. The number of nitrogens with zero attached hydrogens (tertiary/aromatic N) is 3. The Bertz CT molecular complexity index is 431. The number of rotatable bonds is 3. The van der Waals surface area contributed by atoms with Crippen molar-refractivity contribution in [2.24, 2.45) is 11.8 Å². The molecule has 0 aliphatic carbocycles. The molecule has 2 N–H and O–H groups in total. The molecule has 2 aliphatic heterocycles. The Morgan fingerprint density at radius 1 is 1.39 bits per heavy atom. The van der Waals surface area contributed by atoms with Crippen LogP contribution in [0.25, 0.3) is 0 Å². The molecule has 0 aromatic carbocycles. The van der Waals surface area contributed by atoms with Gasteiger partial charge in [-0.2, -0.15) is 0 Å². The first-order valence-electron chi connectivity index (χ1n) is 6.69. The molecule has 1 aromatic rings. The Morgan fingerprint density at radius 2 is 2.11 bits per heavy atom. The summed E-state index contributed by atoms with van der Waals surface area (Å²) in [4.78, 5) is 18.4. The first-order valence-corrected chi connectivity index (χ1v) is 6.69. The number of nitrogens with one attached hydrogen (secondary N) is 2. The maximum Gasteiger partial charge on any atom is 0.293 e. The van der Waals surface area contributed by atoms with Gasteiger partial charge in [-0.1, -0.05) is 6.92 Å². The lowest BCUT2D eigenvalue weighted by molar-refractivity contribution is 0.0770. The Labute approximate surface area is 106 Å². The van der Waals surface area contributed by atoms with E-state index in [9.17, 15) is 4.79 Å². The molecule has 6 heteroatoms. The maximum absolute atomic E-state index is 12.3. The van der Waals surface area contributed by atoms with E-state index in [1.807, 2.05) is 4.90 Å². The standard InChI is InChI=1S/C12H19N5O/c1-2-3-10-14-11(16-15-10)12(18)17-6-8-4-13-5-9(8)7-17/h8-9,13H,2-7H2,1H3,(H,14,15,16). The number of hydrogen-bond donors (Lipinski definition) is 2. The van der Waals surface area contributed by atoms with Crippen molar-refractivity contribution in [3.63, 3.8) is 0 Å². The van der Waals surface area contributed by atoms with E-state index in [4.69, 9.17) is 0 Å². The van der Waals surface area contributed by atoms with E-state index < -0.39 is 0 Å². The Morgan fingerprint density at radius 3 is 2.78 bits per heavy atom. The van der Waals surface area contributed by atoms with Gasteiger partial charge in [0.2, 0.25) is 5.82 Å². The van der Waals surface area contributed by atoms with Crippen molar-refractivity contribution in [1.29, 1.82) is 0 Å². The van der Waals surface area contributed by atoms with Crippen molar-refractivity contribution in [3.8, 4) is 0 Å². The highest BCUT2D eigenvalue weighted by molar-refractivity contribution is 5.90. The summed E-state index contributed by atoms with van der Waals surface area (Å²) in [5.74, 6) is 2.34. The molecule has 2 atom stereocenters. The number of fused-ring (bicyclic) bond motifs is 1. The summed E-state index contributed by atoms with van der Waals surface area (Å²) in [6.07, 6.45) is 1.85. The topological polar surface area (TPSA) is 73.9 Å². The average molecular weight is 249 g/mol. The zero-order chi connectivity index (χ0) is 12.5. The van der Waals surface area contributed by atoms with Gasteiger partial charge in [0, 0.05) is 32.6 Å². The molecule has 2 unspecified atom stereocenters. The van der Waals surface area contributed by atoms with Gasteiger partial charge in [0.05, 0.1) is 0 Å². The Kier molecular flexibility index (Phi) is 3.03. The lowest BCUT2D eigenvalue weighted by Gasteiger charge is -2.15. The Hall–Kier alpha value is -1.43. The monoisotopic (exact) mass is 249 g/mol. The minimum Gasteiger partial charge on any atom is -0.335 e. The Balaban J connectivity index is 1.67. The molecule has 18 heavy (non-hydrogen) atoms. The first kappa shape index (κ1) is 11.6. The second-order valence-electron chi connectivity index (χ2n) is 5.24. The van der Waals surface area contributed by atoms with Crippen LogP contribution in [0.2, 0.25) is 0 Å². The van der Waals surface area contributed by atoms with Crippen molar-refractivity contribution in [2.45, 2.75) is 19.8 Å². The summed E-state index contributed by atoms with van der Waals surface area (Å²) in [5.41, 5.74) is 0. The third-order valence-electron chi connectivity index (χ3n) is 3.89. The summed E-state index contributed by atoms with van der Waals surface area (Å²) < 4.78 is 0. The number of carbonyl (C=O) groups excluding carboxylic acids is 1. The van der Waals surface area contributed by atoms with E-state index in [0.717, 1.165) is 44.8 Å². The van der Waals surface area contributed by atoms with Crippen LogP contribution >= 0.6 is 0 Å². The molecule has 0 bridgehead atoms. The summed E-state index contributed by atoms with van der Waals surface area (Å²) >= 11 is 0. The van der Waals surface area contributed by atoms with Crippen LogP contribution in [0.3, 0.4) is 0 Å². The molecular weight excluding hydrogens is 230 g/mol. The summed E-state index contributed by atoms with van der Waals surface area (Å²) in [7, 11) is 0. The van der Waals surface area contributed by atoms with E-state index in [1.165, 1.54) is 0 Å². The van der Waals surface area contributed by atoms with Gasteiger partial charge >= 0.3 is 0 Å². The van der Waals surface area contributed by atoms with Gasteiger partial charge < -0.3 is 10.2 Å². The number of aromatic amines is 1. The second-order valence-corrected chi connectivity index (χ2v) is 5.24. The van der Waals surface area contributed by atoms with Crippen molar-refractivity contribution < 1.29 is 4.79 Å². The molecule has 2 saturated heterocycles. The van der Waals surface area contributed by atoms with Crippen molar-refractivity contribution in [3.05, 3.63) is 11.6 Å². The lowest BCUT2D eigenvalue weighted by Crippen LogP contribution is -2.32. The minimum absolute atomic E-state index is 0.0250. The van der Waals surface area contributed by atoms with E-state index in [0.29, 0.717) is 17.7 Å². The molecule has 3 rings (SSSR count). The van der Waals surface area contributed by atoms with E-state index in [2.05, 4.69) is 27.4 Å². The molecule has 0 spiro atoms. The predicted octanol–water partition coefficient (Wildman–Crippen LogP) is 0.0486.